The van der Waals surface area contributed by atoms with Crippen molar-refractivity contribution in [1.29, 1.82) is 0 Å². The smallest absolute Gasteiger partial charge is 0.383 e. The average molecular weight is 318 g/mol. The Kier molecular flexibility index (Phi) is 3.53. The second kappa shape index (κ2) is 5.10. The van der Waals surface area contributed by atoms with Crippen molar-refractivity contribution in [2.75, 3.05) is 0 Å². The van der Waals surface area contributed by atoms with Crippen LogP contribution >= 0.6 is 11.3 Å². The molecule has 8 heteroatoms. The summed E-state index contributed by atoms with van der Waals surface area (Å²) < 4.78 is 37.1. The van der Waals surface area contributed by atoms with Gasteiger partial charge in [-0.15, -0.1) is 11.3 Å². The van der Waals surface area contributed by atoms with Crippen molar-refractivity contribution >= 4 is 21.6 Å². The van der Waals surface area contributed by atoms with Crippen LogP contribution in [0.3, 0.4) is 0 Å². The van der Waals surface area contributed by atoms with Crippen molar-refractivity contribution in [1.82, 2.24) is 9.97 Å². The minimum atomic E-state index is -4.72. The number of nitrogens with one attached hydrogen (secondary N) is 1. The van der Waals surface area contributed by atoms with Crippen LogP contribution in [-0.4, -0.2) is 27.4 Å². The van der Waals surface area contributed by atoms with Crippen molar-refractivity contribution in [3.05, 3.63) is 26.6 Å². The van der Waals surface area contributed by atoms with E-state index >= 15 is 0 Å². The fraction of sp³-hybridized carbons (Fsp3) is 0.538. The molecular formula is C13H13F3N2O2S. The SMILES string of the molecule is O=c1[nH]c(CC(O)C(F)(F)F)nc2sc3c(c12)CCCC3. The molecule has 114 valence electrons. The van der Waals surface area contributed by atoms with Crippen LogP contribution in [0.4, 0.5) is 13.2 Å². The van der Waals surface area contributed by atoms with Crippen LogP contribution in [0.15, 0.2) is 4.79 Å². The van der Waals surface area contributed by atoms with E-state index in [2.05, 4.69) is 9.97 Å². The normalized spacial score (nSPS) is 17.0. The second-order valence-corrected chi connectivity index (χ2v) is 6.25. The standard InChI is InChI=1S/C13H13F3N2O2S/c14-13(15,16)8(19)5-9-17-11(20)10-6-3-1-2-4-7(6)21-12(10)18-9/h8,19H,1-5H2,(H,17,18,20). The highest BCUT2D eigenvalue weighted by Gasteiger charge is 2.38. The van der Waals surface area contributed by atoms with Gasteiger partial charge in [0.2, 0.25) is 0 Å². The summed E-state index contributed by atoms with van der Waals surface area (Å²) in [4.78, 5) is 20.1. The third-order valence-electron chi connectivity index (χ3n) is 3.64. The molecular weight excluding hydrogens is 305 g/mol. The number of hydrogen-bond donors (Lipinski definition) is 2. The minimum Gasteiger partial charge on any atom is -0.383 e. The summed E-state index contributed by atoms with van der Waals surface area (Å²) in [5.41, 5.74) is 0.571. The Morgan fingerprint density at radius 3 is 2.76 bits per heavy atom. The van der Waals surface area contributed by atoms with E-state index in [0.29, 0.717) is 10.2 Å². The first kappa shape index (κ1) is 14.5. The molecule has 0 aliphatic heterocycles. The molecule has 0 aromatic carbocycles. The summed E-state index contributed by atoms with van der Waals surface area (Å²) in [6, 6.07) is 0. The molecule has 0 radical (unpaired) electrons. The largest absolute Gasteiger partial charge is 0.414 e. The molecule has 0 saturated carbocycles. The van der Waals surface area contributed by atoms with E-state index in [1.54, 1.807) is 0 Å². The van der Waals surface area contributed by atoms with E-state index in [1.807, 2.05) is 0 Å². The predicted molar refractivity (Wildman–Crippen MR) is 72.6 cm³/mol. The van der Waals surface area contributed by atoms with Crippen LogP contribution in [0.2, 0.25) is 0 Å². The number of aryl methyl sites for hydroxylation is 2. The van der Waals surface area contributed by atoms with Gasteiger partial charge in [-0.1, -0.05) is 0 Å². The molecule has 1 atom stereocenters. The number of aromatic amines is 1. The molecule has 3 rings (SSSR count). The molecule has 1 unspecified atom stereocenters. The summed E-state index contributed by atoms with van der Waals surface area (Å²) in [7, 11) is 0. The monoisotopic (exact) mass is 318 g/mol. The topological polar surface area (TPSA) is 66.0 Å². The lowest BCUT2D eigenvalue weighted by Crippen LogP contribution is -2.31. The van der Waals surface area contributed by atoms with Gasteiger partial charge in [-0.25, -0.2) is 4.98 Å². The molecule has 2 aromatic heterocycles. The number of H-pyrrole nitrogens is 1. The van der Waals surface area contributed by atoms with Gasteiger partial charge in [0.25, 0.3) is 5.56 Å². The van der Waals surface area contributed by atoms with Crippen LogP contribution in [-0.2, 0) is 19.3 Å². The number of fused-ring (bicyclic) bond motifs is 3. The lowest BCUT2D eigenvalue weighted by Gasteiger charge is -2.13. The molecule has 4 nitrogen and oxygen atoms in total. The van der Waals surface area contributed by atoms with Gasteiger partial charge in [-0.2, -0.15) is 13.2 Å². The molecule has 0 saturated heterocycles. The van der Waals surface area contributed by atoms with Crippen molar-refractivity contribution < 1.29 is 18.3 Å². The Morgan fingerprint density at radius 2 is 2.05 bits per heavy atom. The summed E-state index contributed by atoms with van der Waals surface area (Å²) in [6.07, 6.45) is -4.22. The number of hydrogen-bond acceptors (Lipinski definition) is 4. The number of aliphatic hydroxyl groups excluding tert-OH is 1. The molecule has 0 amide bonds. The van der Waals surface area contributed by atoms with Crippen LogP contribution in [0.1, 0.15) is 29.1 Å². The van der Waals surface area contributed by atoms with E-state index in [0.717, 1.165) is 36.1 Å². The van der Waals surface area contributed by atoms with E-state index < -0.39 is 24.3 Å². The van der Waals surface area contributed by atoms with E-state index in [9.17, 15) is 18.0 Å². The van der Waals surface area contributed by atoms with Gasteiger partial charge in [0.15, 0.2) is 6.10 Å². The predicted octanol–water partition coefficient (Wildman–Crippen LogP) is 2.33. The summed E-state index contributed by atoms with van der Waals surface area (Å²) in [5, 5.41) is 9.58. The number of thiophene rings is 1. The lowest BCUT2D eigenvalue weighted by atomic mass is 9.97. The molecule has 0 bridgehead atoms. The van der Waals surface area contributed by atoms with Gasteiger partial charge in [0, 0.05) is 11.3 Å². The fourth-order valence-corrected chi connectivity index (χ4v) is 3.88. The van der Waals surface area contributed by atoms with Crippen molar-refractivity contribution in [3.63, 3.8) is 0 Å². The zero-order valence-electron chi connectivity index (χ0n) is 11.0. The minimum absolute atomic E-state index is 0.129. The van der Waals surface area contributed by atoms with E-state index in [4.69, 9.17) is 5.11 Å². The number of nitrogens with zero attached hydrogens (tertiary/aromatic N) is 1. The van der Waals surface area contributed by atoms with Gasteiger partial charge in [-0.05, 0) is 31.2 Å². The van der Waals surface area contributed by atoms with Crippen molar-refractivity contribution in [3.8, 4) is 0 Å². The Balaban J connectivity index is 2.02. The highest BCUT2D eigenvalue weighted by molar-refractivity contribution is 7.18. The highest BCUT2D eigenvalue weighted by atomic mass is 32.1. The fourth-order valence-electron chi connectivity index (χ4n) is 2.60. The number of aliphatic hydroxyl groups is 1. The molecule has 0 spiro atoms. The highest BCUT2D eigenvalue weighted by Crippen LogP contribution is 2.33. The molecule has 2 aromatic rings. The van der Waals surface area contributed by atoms with Crippen LogP contribution in [0.25, 0.3) is 10.2 Å². The van der Waals surface area contributed by atoms with Gasteiger partial charge < -0.3 is 10.1 Å². The first-order valence-electron chi connectivity index (χ1n) is 6.64. The van der Waals surface area contributed by atoms with Gasteiger partial charge in [-0.3, -0.25) is 4.79 Å². The molecule has 21 heavy (non-hydrogen) atoms. The Hall–Kier alpha value is -1.41. The molecule has 2 heterocycles. The van der Waals surface area contributed by atoms with Crippen molar-refractivity contribution in [2.45, 2.75) is 44.4 Å². The summed E-state index contributed by atoms with van der Waals surface area (Å²) in [6.45, 7) is 0. The van der Waals surface area contributed by atoms with Crippen LogP contribution in [0, 0.1) is 0 Å². The van der Waals surface area contributed by atoms with Gasteiger partial charge >= 0.3 is 6.18 Å². The zero-order chi connectivity index (χ0) is 15.2. The maximum absolute atomic E-state index is 12.4. The van der Waals surface area contributed by atoms with Gasteiger partial charge in [0.05, 0.1) is 5.39 Å². The number of alkyl halides is 3. The third kappa shape index (κ3) is 2.69. The molecule has 1 aliphatic carbocycles. The quantitative estimate of drug-likeness (QED) is 0.893. The average Bonchev–Trinajstić information content (AvgIpc) is 2.75. The Bertz CT molecular complexity index is 735. The molecule has 0 fully saturated rings. The van der Waals surface area contributed by atoms with E-state index in [1.165, 1.54) is 11.3 Å². The first-order valence-corrected chi connectivity index (χ1v) is 7.46. The van der Waals surface area contributed by atoms with Gasteiger partial charge in [0.1, 0.15) is 10.7 Å². The number of halogens is 3. The maximum Gasteiger partial charge on any atom is 0.414 e. The van der Waals surface area contributed by atoms with Crippen LogP contribution < -0.4 is 5.56 Å². The van der Waals surface area contributed by atoms with Crippen molar-refractivity contribution in [2.24, 2.45) is 0 Å². The first-order chi connectivity index (χ1) is 9.86. The van der Waals surface area contributed by atoms with Crippen LogP contribution in [0.5, 0.6) is 0 Å². The third-order valence-corrected chi connectivity index (χ3v) is 4.82. The summed E-state index contributed by atoms with van der Waals surface area (Å²) >= 11 is 1.37. The Morgan fingerprint density at radius 1 is 1.33 bits per heavy atom. The zero-order valence-corrected chi connectivity index (χ0v) is 11.8. The molecule has 1 aliphatic rings. The summed E-state index contributed by atoms with van der Waals surface area (Å²) in [5.74, 6) is -0.129. The number of rotatable bonds is 2. The number of aromatic nitrogens is 2. The molecule has 2 N–H and O–H groups in total. The Labute approximate surface area is 121 Å². The maximum atomic E-state index is 12.4. The second-order valence-electron chi connectivity index (χ2n) is 5.17. The van der Waals surface area contributed by atoms with E-state index in [-0.39, 0.29) is 5.82 Å². The lowest BCUT2D eigenvalue weighted by molar-refractivity contribution is -0.203.